The Hall–Kier alpha value is -2.86. The van der Waals surface area contributed by atoms with Crippen molar-refractivity contribution in [2.75, 3.05) is 27.7 Å². The van der Waals surface area contributed by atoms with Gasteiger partial charge >= 0.3 is 0 Å². The molecule has 0 saturated heterocycles. The lowest BCUT2D eigenvalue weighted by Gasteiger charge is -2.27. The van der Waals surface area contributed by atoms with Gasteiger partial charge in [0.05, 0.1) is 13.2 Å². The van der Waals surface area contributed by atoms with Crippen LogP contribution in [0.1, 0.15) is 35.8 Å². The van der Waals surface area contributed by atoms with Crippen LogP contribution < -0.4 is 15.4 Å². The van der Waals surface area contributed by atoms with Gasteiger partial charge in [-0.05, 0) is 49.8 Å². The third-order valence-corrected chi connectivity index (χ3v) is 4.84. The van der Waals surface area contributed by atoms with Gasteiger partial charge in [0.1, 0.15) is 11.8 Å². The average molecular weight is 398 g/mol. The van der Waals surface area contributed by atoms with Crippen molar-refractivity contribution in [1.82, 2.24) is 15.5 Å². The second-order valence-electron chi connectivity index (χ2n) is 7.56. The van der Waals surface area contributed by atoms with Gasteiger partial charge in [-0.2, -0.15) is 0 Å². The fraction of sp³-hybridized carbons (Fsp3) is 0.391. The van der Waals surface area contributed by atoms with Gasteiger partial charge in [-0.3, -0.25) is 9.59 Å². The highest BCUT2D eigenvalue weighted by atomic mass is 16.5. The van der Waals surface area contributed by atoms with Crippen LogP contribution in [0.15, 0.2) is 54.6 Å². The van der Waals surface area contributed by atoms with Crippen LogP contribution in [0.3, 0.4) is 0 Å². The van der Waals surface area contributed by atoms with Crippen LogP contribution in [-0.4, -0.2) is 50.5 Å². The van der Waals surface area contributed by atoms with Crippen molar-refractivity contribution in [2.24, 2.45) is 5.92 Å². The van der Waals surface area contributed by atoms with E-state index in [9.17, 15) is 9.59 Å². The van der Waals surface area contributed by atoms with Crippen molar-refractivity contribution in [3.63, 3.8) is 0 Å². The van der Waals surface area contributed by atoms with E-state index in [-0.39, 0.29) is 23.8 Å². The van der Waals surface area contributed by atoms with E-state index in [1.54, 1.807) is 31.4 Å². The van der Waals surface area contributed by atoms with Crippen LogP contribution in [0.5, 0.6) is 5.75 Å². The van der Waals surface area contributed by atoms with Crippen LogP contribution >= 0.6 is 0 Å². The van der Waals surface area contributed by atoms with E-state index in [2.05, 4.69) is 10.6 Å². The maximum absolute atomic E-state index is 12.9. The molecule has 2 N–H and O–H groups in total. The monoisotopic (exact) mass is 397 g/mol. The third kappa shape index (κ3) is 6.32. The summed E-state index contributed by atoms with van der Waals surface area (Å²) in [7, 11) is 5.56. The summed E-state index contributed by atoms with van der Waals surface area (Å²) >= 11 is 0. The summed E-state index contributed by atoms with van der Waals surface area (Å²) in [6.07, 6.45) is 0. The van der Waals surface area contributed by atoms with Crippen LogP contribution in [-0.2, 0) is 4.79 Å². The largest absolute Gasteiger partial charge is 0.497 e. The Bertz CT molecular complexity index is 806. The fourth-order valence-electron chi connectivity index (χ4n) is 3.10. The van der Waals surface area contributed by atoms with Crippen molar-refractivity contribution in [2.45, 2.75) is 25.9 Å². The normalized spacial score (nSPS) is 13.1. The number of hydrogen-bond acceptors (Lipinski definition) is 4. The average Bonchev–Trinajstić information content (AvgIpc) is 2.72. The number of ether oxygens (including phenoxy) is 1. The molecular formula is C23H31N3O3. The number of carbonyl (C=O) groups excluding carboxylic acids is 2. The zero-order chi connectivity index (χ0) is 21.4. The molecule has 2 aromatic carbocycles. The molecule has 0 aliphatic rings. The highest BCUT2D eigenvalue weighted by molar-refractivity contribution is 5.97. The van der Waals surface area contributed by atoms with E-state index in [1.165, 1.54) is 0 Å². The number of rotatable bonds is 9. The predicted molar refractivity (Wildman–Crippen MR) is 115 cm³/mol. The predicted octanol–water partition coefficient (Wildman–Crippen LogP) is 2.87. The van der Waals surface area contributed by atoms with Crippen LogP contribution in [0.2, 0.25) is 0 Å². The van der Waals surface area contributed by atoms with Crippen molar-refractivity contribution < 1.29 is 14.3 Å². The van der Waals surface area contributed by atoms with Gasteiger partial charge in [-0.15, -0.1) is 0 Å². The Morgan fingerprint density at radius 2 is 1.72 bits per heavy atom. The summed E-state index contributed by atoms with van der Waals surface area (Å²) in [6, 6.07) is 16.1. The Morgan fingerprint density at radius 3 is 2.31 bits per heavy atom. The molecule has 0 saturated carbocycles. The second kappa shape index (κ2) is 10.6. The molecule has 0 radical (unpaired) electrons. The van der Waals surface area contributed by atoms with Crippen molar-refractivity contribution in [1.29, 1.82) is 0 Å². The number of hydrogen-bond donors (Lipinski definition) is 2. The Balaban J connectivity index is 2.06. The SMILES string of the molecule is COc1cccc(C(CNC(=O)C(NC(=O)c2ccccc2)C(C)C)N(C)C)c1. The third-order valence-electron chi connectivity index (χ3n) is 4.84. The quantitative estimate of drug-likeness (QED) is 0.683. The lowest BCUT2D eigenvalue weighted by atomic mass is 10.0. The molecule has 6 nitrogen and oxygen atoms in total. The zero-order valence-electron chi connectivity index (χ0n) is 17.8. The van der Waals surface area contributed by atoms with Crippen LogP contribution in [0.25, 0.3) is 0 Å². The first-order chi connectivity index (χ1) is 13.8. The summed E-state index contributed by atoms with van der Waals surface area (Å²) in [5, 5.41) is 5.86. The summed E-state index contributed by atoms with van der Waals surface area (Å²) in [4.78, 5) is 27.4. The molecule has 0 aromatic heterocycles. The second-order valence-corrected chi connectivity index (χ2v) is 7.56. The number of amides is 2. The van der Waals surface area contributed by atoms with Gasteiger partial charge in [-0.25, -0.2) is 0 Å². The number of methoxy groups -OCH3 is 1. The summed E-state index contributed by atoms with van der Waals surface area (Å²) in [5.41, 5.74) is 1.58. The molecule has 2 amide bonds. The number of nitrogens with zero attached hydrogens (tertiary/aromatic N) is 1. The van der Waals surface area contributed by atoms with Gasteiger partial charge in [0.25, 0.3) is 5.91 Å². The van der Waals surface area contributed by atoms with Crippen molar-refractivity contribution in [3.05, 3.63) is 65.7 Å². The fourth-order valence-corrected chi connectivity index (χ4v) is 3.10. The molecular weight excluding hydrogens is 366 g/mol. The molecule has 0 spiro atoms. The standard InChI is InChI=1S/C23H31N3O3/c1-16(2)21(25-22(27)17-10-7-6-8-11-17)23(28)24-15-20(26(3)4)18-12-9-13-19(14-18)29-5/h6-14,16,20-21H,15H2,1-5H3,(H,24,28)(H,25,27). The molecule has 156 valence electrons. The minimum atomic E-state index is -0.615. The van der Waals surface area contributed by atoms with E-state index in [1.807, 2.05) is 63.2 Å². The van der Waals surface area contributed by atoms with E-state index >= 15 is 0 Å². The number of carbonyl (C=O) groups is 2. The maximum Gasteiger partial charge on any atom is 0.251 e. The molecule has 0 heterocycles. The van der Waals surface area contributed by atoms with E-state index in [4.69, 9.17) is 4.74 Å². The molecule has 0 fully saturated rings. The molecule has 0 aliphatic carbocycles. The van der Waals surface area contributed by atoms with Crippen LogP contribution in [0, 0.1) is 5.92 Å². The Labute approximate surface area is 173 Å². The first-order valence-corrected chi connectivity index (χ1v) is 9.77. The number of nitrogens with one attached hydrogen (secondary N) is 2. The topological polar surface area (TPSA) is 70.7 Å². The van der Waals surface area contributed by atoms with Gasteiger partial charge in [-0.1, -0.05) is 44.2 Å². The van der Waals surface area contributed by atoms with Gasteiger partial charge in [0.2, 0.25) is 5.91 Å². The highest BCUT2D eigenvalue weighted by Gasteiger charge is 2.26. The lowest BCUT2D eigenvalue weighted by Crippen LogP contribution is -2.51. The molecule has 2 rings (SSSR count). The van der Waals surface area contributed by atoms with Gasteiger partial charge in [0.15, 0.2) is 0 Å². The van der Waals surface area contributed by atoms with Crippen molar-refractivity contribution in [3.8, 4) is 5.75 Å². The Morgan fingerprint density at radius 1 is 1.03 bits per heavy atom. The van der Waals surface area contributed by atoms with E-state index in [0.29, 0.717) is 12.1 Å². The van der Waals surface area contributed by atoms with Gasteiger partial charge in [0, 0.05) is 12.1 Å². The van der Waals surface area contributed by atoms with Crippen LogP contribution in [0.4, 0.5) is 0 Å². The molecule has 29 heavy (non-hydrogen) atoms. The highest BCUT2D eigenvalue weighted by Crippen LogP contribution is 2.22. The minimum Gasteiger partial charge on any atom is -0.497 e. The molecule has 2 aromatic rings. The number of benzene rings is 2. The number of likely N-dealkylation sites (N-methyl/N-ethyl adjacent to an activating group) is 1. The maximum atomic E-state index is 12.9. The Kier molecular flexibility index (Phi) is 8.21. The van der Waals surface area contributed by atoms with E-state index in [0.717, 1.165) is 11.3 Å². The molecule has 2 unspecified atom stereocenters. The lowest BCUT2D eigenvalue weighted by molar-refractivity contribution is -0.124. The molecule has 2 atom stereocenters. The summed E-state index contributed by atoms with van der Waals surface area (Å²) in [5.74, 6) is 0.281. The van der Waals surface area contributed by atoms with E-state index < -0.39 is 6.04 Å². The first kappa shape index (κ1) is 22.4. The molecule has 6 heteroatoms. The zero-order valence-corrected chi connectivity index (χ0v) is 17.8. The van der Waals surface area contributed by atoms with Crippen molar-refractivity contribution >= 4 is 11.8 Å². The first-order valence-electron chi connectivity index (χ1n) is 9.77. The summed E-state index contributed by atoms with van der Waals surface area (Å²) in [6.45, 7) is 4.26. The van der Waals surface area contributed by atoms with Gasteiger partial charge < -0.3 is 20.3 Å². The molecule has 0 aliphatic heterocycles. The minimum absolute atomic E-state index is 0.0216. The smallest absolute Gasteiger partial charge is 0.251 e. The molecule has 0 bridgehead atoms. The summed E-state index contributed by atoms with van der Waals surface area (Å²) < 4.78 is 5.31.